The molecule has 0 unspecified atom stereocenters. The van der Waals surface area contributed by atoms with Crippen molar-refractivity contribution < 1.29 is 10.2 Å². The molecule has 0 aliphatic heterocycles. The van der Waals surface area contributed by atoms with E-state index in [0.29, 0.717) is 5.92 Å². The van der Waals surface area contributed by atoms with Crippen molar-refractivity contribution in [1.82, 2.24) is 0 Å². The van der Waals surface area contributed by atoms with Gasteiger partial charge in [-0.2, -0.15) is 0 Å². The summed E-state index contributed by atoms with van der Waals surface area (Å²) in [5, 5.41) is 0. The Kier molecular flexibility index (Phi) is 3.42. The quantitative estimate of drug-likeness (QED) is 0.837. The first kappa shape index (κ1) is 11.0. The van der Waals surface area contributed by atoms with Crippen LogP contribution in [0.4, 0.5) is 0 Å². The fourth-order valence-corrected chi connectivity index (χ4v) is 1.97. The highest BCUT2D eigenvalue weighted by Gasteiger charge is 2.16. The van der Waals surface area contributed by atoms with Crippen LogP contribution in [0, 0.1) is 6.92 Å². The van der Waals surface area contributed by atoms with Gasteiger partial charge in [-0.15, -0.1) is 0 Å². The Labute approximate surface area is 96.1 Å². The van der Waals surface area contributed by atoms with Crippen LogP contribution in [0.15, 0.2) is 47.1 Å². The van der Waals surface area contributed by atoms with Gasteiger partial charge in [-0.05, 0) is 24.6 Å². The van der Waals surface area contributed by atoms with Crippen molar-refractivity contribution >= 4 is 0 Å². The molecule has 3 N–H and O–H groups in total. The lowest BCUT2D eigenvalue weighted by Crippen LogP contribution is -2.50. The Morgan fingerprint density at radius 2 is 1.94 bits per heavy atom. The van der Waals surface area contributed by atoms with Crippen LogP contribution < -0.4 is 5.73 Å². The Morgan fingerprint density at radius 3 is 2.50 bits per heavy atom. The molecule has 1 atom stereocenters. The summed E-state index contributed by atoms with van der Waals surface area (Å²) >= 11 is 0. The highest BCUT2D eigenvalue weighted by Crippen LogP contribution is 2.27. The SMILES string of the molecule is Cc1ccc([C@H](CC[NH3+])c2ccco2)cc1. The highest BCUT2D eigenvalue weighted by atomic mass is 16.3. The van der Waals surface area contributed by atoms with E-state index in [2.05, 4.69) is 36.9 Å². The van der Waals surface area contributed by atoms with Crippen LogP contribution in [0.2, 0.25) is 0 Å². The summed E-state index contributed by atoms with van der Waals surface area (Å²) in [6, 6.07) is 12.6. The smallest absolute Gasteiger partial charge is 0.111 e. The number of benzene rings is 1. The van der Waals surface area contributed by atoms with E-state index in [-0.39, 0.29) is 0 Å². The first-order valence-corrected chi connectivity index (χ1v) is 5.70. The van der Waals surface area contributed by atoms with Crippen molar-refractivity contribution in [3.8, 4) is 0 Å². The average molecular weight is 216 g/mol. The summed E-state index contributed by atoms with van der Waals surface area (Å²) in [6.07, 6.45) is 2.76. The topological polar surface area (TPSA) is 40.8 Å². The van der Waals surface area contributed by atoms with Crippen LogP contribution in [-0.4, -0.2) is 6.54 Å². The molecule has 1 aromatic carbocycles. The highest BCUT2D eigenvalue weighted by molar-refractivity contribution is 5.29. The maximum Gasteiger partial charge on any atom is 0.111 e. The minimum absolute atomic E-state index is 0.341. The predicted molar refractivity (Wildman–Crippen MR) is 64.1 cm³/mol. The first-order chi connectivity index (χ1) is 7.81. The molecule has 0 aliphatic rings. The van der Waals surface area contributed by atoms with Gasteiger partial charge in [0, 0.05) is 12.3 Å². The molecule has 1 aromatic heterocycles. The Balaban J connectivity index is 2.29. The van der Waals surface area contributed by atoms with Crippen LogP contribution in [0.5, 0.6) is 0 Å². The predicted octanol–water partition coefficient (Wildman–Crippen LogP) is 2.35. The molecular formula is C14H18NO+. The summed E-state index contributed by atoms with van der Waals surface area (Å²) in [5.41, 5.74) is 6.53. The van der Waals surface area contributed by atoms with Crippen LogP contribution >= 0.6 is 0 Å². The minimum Gasteiger partial charge on any atom is -0.469 e. The molecule has 0 amide bonds. The van der Waals surface area contributed by atoms with Crippen LogP contribution in [0.25, 0.3) is 0 Å². The number of aryl methyl sites for hydroxylation is 1. The summed E-state index contributed by atoms with van der Waals surface area (Å²) in [4.78, 5) is 0. The van der Waals surface area contributed by atoms with Gasteiger partial charge in [-0.1, -0.05) is 29.8 Å². The molecule has 16 heavy (non-hydrogen) atoms. The van der Waals surface area contributed by atoms with Crippen LogP contribution in [0.3, 0.4) is 0 Å². The lowest BCUT2D eigenvalue weighted by atomic mass is 9.93. The zero-order chi connectivity index (χ0) is 11.4. The van der Waals surface area contributed by atoms with Crippen molar-refractivity contribution in [1.29, 1.82) is 0 Å². The number of furan rings is 1. The molecule has 2 aromatic rings. The molecular weight excluding hydrogens is 198 g/mol. The molecule has 84 valence electrons. The van der Waals surface area contributed by atoms with E-state index in [9.17, 15) is 0 Å². The molecule has 1 heterocycles. The molecule has 0 saturated heterocycles. The monoisotopic (exact) mass is 216 g/mol. The lowest BCUT2D eigenvalue weighted by Gasteiger charge is -2.13. The maximum atomic E-state index is 5.51. The van der Waals surface area contributed by atoms with Gasteiger partial charge >= 0.3 is 0 Å². The molecule has 0 spiro atoms. The third-order valence-corrected chi connectivity index (χ3v) is 2.86. The average Bonchev–Trinajstić information content (AvgIpc) is 2.81. The third-order valence-electron chi connectivity index (χ3n) is 2.86. The molecule has 0 fully saturated rings. The largest absolute Gasteiger partial charge is 0.469 e. The van der Waals surface area contributed by atoms with Crippen molar-refractivity contribution in [2.24, 2.45) is 0 Å². The molecule has 2 nitrogen and oxygen atoms in total. The summed E-state index contributed by atoms with van der Waals surface area (Å²) in [5.74, 6) is 1.38. The second kappa shape index (κ2) is 4.99. The summed E-state index contributed by atoms with van der Waals surface area (Å²) in [7, 11) is 0. The molecule has 0 aliphatic carbocycles. The minimum atomic E-state index is 0.341. The zero-order valence-electron chi connectivity index (χ0n) is 9.65. The van der Waals surface area contributed by atoms with E-state index in [4.69, 9.17) is 4.42 Å². The Hall–Kier alpha value is -1.54. The molecule has 2 rings (SSSR count). The number of quaternary nitrogens is 1. The second-order valence-electron chi connectivity index (χ2n) is 4.12. The normalized spacial score (nSPS) is 12.6. The van der Waals surface area contributed by atoms with Gasteiger partial charge < -0.3 is 10.2 Å². The number of hydrogen-bond donors (Lipinski definition) is 1. The van der Waals surface area contributed by atoms with Gasteiger partial charge in [0.05, 0.1) is 12.8 Å². The standard InChI is InChI=1S/C14H17NO/c1-11-4-6-12(7-5-11)13(8-9-15)14-3-2-10-16-14/h2-7,10,13H,8-9,15H2,1H3/p+1/t13-/m0/s1. The van der Waals surface area contributed by atoms with E-state index in [0.717, 1.165) is 18.7 Å². The van der Waals surface area contributed by atoms with Gasteiger partial charge in [-0.25, -0.2) is 0 Å². The van der Waals surface area contributed by atoms with Gasteiger partial charge in [0.2, 0.25) is 0 Å². The Bertz CT molecular complexity index is 417. The van der Waals surface area contributed by atoms with Crippen LogP contribution in [-0.2, 0) is 0 Å². The second-order valence-corrected chi connectivity index (χ2v) is 4.12. The van der Waals surface area contributed by atoms with Gasteiger partial charge in [-0.3, -0.25) is 0 Å². The Morgan fingerprint density at radius 1 is 1.19 bits per heavy atom. The van der Waals surface area contributed by atoms with Gasteiger partial charge in [0.1, 0.15) is 5.76 Å². The van der Waals surface area contributed by atoms with Crippen molar-refractivity contribution in [3.63, 3.8) is 0 Å². The van der Waals surface area contributed by atoms with Gasteiger partial charge in [0.25, 0.3) is 0 Å². The lowest BCUT2D eigenvalue weighted by molar-refractivity contribution is -0.368. The fraction of sp³-hybridized carbons (Fsp3) is 0.286. The van der Waals surface area contributed by atoms with Crippen LogP contribution in [0.1, 0.15) is 29.2 Å². The molecule has 0 radical (unpaired) electrons. The zero-order valence-corrected chi connectivity index (χ0v) is 9.65. The van der Waals surface area contributed by atoms with E-state index in [1.54, 1.807) is 6.26 Å². The number of rotatable bonds is 4. The van der Waals surface area contributed by atoms with E-state index < -0.39 is 0 Å². The first-order valence-electron chi connectivity index (χ1n) is 5.70. The van der Waals surface area contributed by atoms with Crippen molar-refractivity contribution in [2.75, 3.05) is 6.54 Å². The third kappa shape index (κ3) is 2.34. The van der Waals surface area contributed by atoms with E-state index in [1.807, 2.05) is 12.1 Å². The number of hydrogen-bond acceptors (Lipinski definition) is 1. The molecule has 0 bridgehead atoms. The molecule has 2 heteroatoms. The van der Waals surface area contributed by atoms with E-state index >= 15 is 0 Å². The molecule has 0 saturated carbocycles. The summed E-state index contributed by atoms with van der Waals surface area (Å²) in [6.45, 7) is 3.02. The van der Waals surface area contributed by atoms with E-state index in [1.165, 1.54) is 11.1 Å². The maximum absolute atomic E-state index is 5.51. The fourth-order valence-electron chi connectivity index (χ4n) is 1.97. The van der Waals surface area contributed by atoms with Crippen molar-refractivity contribution in [3.05, 3.63) is 59.5 Å². The van der Waals surface area contributed by atoms with Gasteiger partial charge in [0.15, 0.2) is 0 Å². The summed E-state index contributed by atoms with van der Waals surface area (Å²) < 4.78 is 5.51. The van der Waals surface area contributed by atoms with Crippen molar-refractivity contribution in [2.45, 2.75) is 19.3 Å².